The number of rotatable bonds is 7. The van der Waals surface area contributed by atoms with Crippen molar-refractivity contribution in [2.24, 2.45) is 0 Å². The maximum Gasteiger partial charge on any atom is 0.340 e. The highest BCUT2D eigenvalue weighted by Gasteiger charge is 2.21. The normalized spacial score (nSPS) is 10.8. The molecule has 0 aliphatic carbocycles. The zero-order chi connectivity index (χ0) is 21.7. The Morgan fingerprint density at radius 1 is 1.10 bits per heavy atom. The van der Waals surface area contributed by atoms with Crippen molar-refractivity contribution in [1.29, 1.82) is 0 Å². The second-order valence-electron chi connectivity index (χ2n) is 7.02. The van der Waals surface area contributed by atoms with Crippen molar-refractivity contribution >= 4 is 28.5 Å². The van der Waals surface area contributed by atoms with Crippen LogP contribution < -0.4 is 10.1 Å². The summed E-state index contributed by atoms with van der Waals surface area (Å²) in [6.45, 7) is 2.34. The number of ether oxygens (including phenoxy) is 2. The fourth-order valence-corrected chi connectivity index (χ4v) is 3.39. The van der Waals surface area contributed by atoms with Gasteiger partial charge in [0.2, 0.25) is 5.91 Å². The summed E-state index contributed by atoms with van der Waals surface area (Å²) in [7, 11) is 4.73. The van der Waals surface area contributed by atoms with Gasteiger partial charge < -0.3 is 14.8 Å². The molecule has 1 amide bonds. The predicted octanol–water partition coefficient (Wildman–Crippen LogP) is 3.41. The van der Waals surface area contributed by atoms with Crippen LogP contribution in [0.3, 0.4) is 0 Å². The molecule has 0 radical (unpaired) electrons. The first-order valence-corrected chi connectivity index (χ1v) is 9.52. The molecule has 3 rings (SSSR count). The molecule has 2 aromatic carbocycles. The minimum absolute atomic E-state index is 0.130. The third-order valence-electron chi connectivity index (χ3n) is 4.80. The Bertz CT molecular complexity index is 1080. The molecule has 0 bridgehead atoms. The van der Waals surface area contributed by atoms with Crippen LogP contribution in [-0.4, -0.2) is 49.6 Å². The van der Waals surface area contributed by atoms with Gasteiger partial charge in [-0.15, -0.1) is 0 Å². The number of esters is 1. The third-order valence-corrected chi connectivity index (χ3v) is 4.80. The summed E-state index contributed by atoms with van der Waals surface area (Å²) in [4.78, 5) is 31.4. The average Bonchev–Trinajstić information content (AvgIpc) is 2.73. The number of pyridine rings is 1. The SMILES string of the molecule is COC(=O)c1c(CN(C)CC(=O)Nc2cccc(OC)c2)nc2ccccc2c1C. The van der Waals surface area contributed by atoms with Crippen molar-refractivity contribution in [3.8, 4) is 5.75 Å². The summed E-state index contributed by atoms with van der Waals surface area (Å²) in [5.41, 5.74) is 3.29. The number of methoxy groups -OCH3 is 2. The zero-order valence-corrected chi connectivity index (χ0v) is 17.6. The van der Waals surface area contributed by atoms with Gasteiger partial charge in [-0.05, 0) is 37.7 Å². The van der Waals surface area contributed by atoms with Gasteiger partial charge in [-0.2, -0.15) is 0 Å². The van der Waals surface area contributed by atoms with Crippen LogP contribution in [0.2, 0.25) is 0 Å². The molecule has 30 heavy (non-hydrogen) atoms. The molecule has 156 valence electrons. The molecule has 0 saturated heterocycles. The first kappa shape index (κ1) is 21.3. The molecular weight excluding hydrogens is 382 g/mol. The molecule has 0 aliphatic heterocycles. The Hall–Kier alpha value is -3.45. The van der Waals surface area contributed by atoms with E-state index in [1.54, 1.807) is 31.2 Å². The van der Waals surface area contributed by atoms with Gasteiger partial charge in [0.25, 0.3) is 0 Å². The molecule has 0 saturated carbocycles. The zero-order valence-electron chi connectivity index (χ0n) is 17.6. The minimum atomic E-state index is -0.435. The van der Waals surface area contributed by atoms with Crippen molar-refractivity contribution in [3.05, 3.63) is 65.4 Å². The number of amides is 1. The van der Waals surface area contributed by atoms with E-state index in [0.717, 1.165) is 16.5 Å². The van der Waals surface area contributed by atoms with E-state index >= 15 is 0 Å². The molecule has 0 aliphatic rings. The Morgan fingerprint density at radius 3 is 2.60 bits per heavy atom. The van der Waals surface area contributed by atoms with E-state index in [4.69, 9.17) is 9.47 Å². The molecule has 0 atom stereocenters. The number of carbonyl (C=O) groups is 2. The molecule has 1 aromatic heterocycles. The van der Waals surface area contributed by atoms with Crippen molar-refractivity contribution in [2.45, 2.75) is 13.5 Å². The molecule has 0 fully saturated rings. The van der Waals surface area contributed by atoms with Crippen molar-refractivity contribution < 1.29 is 19.1 Å². The standard InChI is InChI=1S/C23H25N3O4/c1-15-18-10-5-6-11-19(18)25-20(22(15)23(28)30-4)13-26(2)14-21(27)24-16-8-7-9-17(12-16)29-3/h5-12H,13-14H2,1-4H3,(H,24,27). The lowest BCUT2D eigenvalue weighted by Gasteiger charge is -2.19. The van der Waals surface area contributed by atoms with Gasteiger partial charge in [-0.3, -0.25) is 14.7 Å². The number of benzene rings is 2. The van der Waals surface area contributed by atoms with E-state index in [1.165, 1.54) is 7.11 Å². The van der Waals surface area contributed by atoms with Crippen LogP contribution in [0.15, 0.2) is 48.5 Å². The van der Waals surface area contributed by atoms with Crippen LogP contribution in [-0.2, 0) is 16.1 Å². The number of anilines is 1. The summed E-state index contributed by atoms with van der Waals surface area (Å²) in [6.07, 6.45) is 0. The lowest BCUT2D eigenvalue weighted by atomic mass is 10.0. The van der Waals surface area contributed by atoms with E-state index in [-0.39, 0.29) is 12.5 Å². The fraction of sp³-hybridized carbons (Fsp3) is 0.261. The Balaban J connectivity index is 1.79. The Labute approximate surface area is 175 Å². The van der Waals surface area contributed by atoms with Gasteiger partial charge in [0.05, 0.1) is 37.5 Å². The van der Waals surface area contributed by atoms with Gasteiger partial charge in [0.15, 0.2) is 0 Å². The van der Waals surface area contributed by atoms with Crippen molar-refractivity contribution in [2.75, 3.05) is 33.1 Å². The Kier molecular flexibility index (Phi) is 6.64. The minimum Gasteiger partial charge on any atom is -0.497 e. The lowest BCUT2D eigenvalue weighted by molar-refractivity contribution is -0.117. The molecular formula is C23H25N3O4. The highest BCUT2D eigenvalue weighted by Crippen LogP contribution is 2.24. The summed E-state index contributed by atoms with van der Waals surface area (Å²) >= 11 is 0. The number of likely N-dealkylation sites (N-methyl/N-ethyl adjacent to an activating group) is 1. The number of carbonyl (C=O) groups excluding carboxylic acids is 2. The summed E-state index contributed by atoms with van der Waals surface area (Å²) in [6, 6.07) is 14.8. The summed E-state index contributed by atoms with van der Waals surface area (Å²) in [5, 5.41) is 3.75. The highest BCUT2D eigenvalue weighted by molar-refractivity contribution is 5.98. The first-order valence-electron chi connectivity index (χ1n) is 9.52. The van der Waals surface area contributed by atoms with E-state index in [2.05, 4.69) is 10.3 Å². The van der Waals surface area contributed by atoms with Crippen LogP contribution >= 0.6 is 0 Å². The van der Waals surface area contributed by atoms with Gasteiger partial charge in [-0.1, -0.05) is 24.3 Å². The maximum absolute atomic E-state index is 12.5. The number of hydrogen-bond donors (Lipinski definition) is 1. The monoisotopic (exact) mass is 407 g/mol. The topological polar surface area (TPSA) is 80.8 Å². The molecule has 3 aromatic rings. The average molecular weight is 407 g/mol. The summed E-state index contributed by atoms with van der Waals surface area (Å²) < 4.78 is 10.2. The largest absolute Gasteiger partial charge is 0.497 e. The number of nitrogens with zero attached hydrogens (tertiary/aromatic N) is 2. The fourth-order valence-electron chi connectivity index (χ4n) is 3.39. The van der Waals surface area contributed by atoms with E-state index in [0.29, 0.717) is 29.2 Å². The Morgan fingerprint density at radius 2 is 1.87 bits per heavy atom. The van der Waals surface area contributed by atoms with Gasteiger partial charge in [0, 0.05) is 23.7 Å². The van der Waals surface area contributed by atoms with Crippen LogP contribution in [0.25, 0.3) is 10.9 Å². The number of fused-ring (bicyclic) bond motifs is 1. The van der Waals surface area contributed by atoms with Gasteiger partial charge in [0.1, 0.15) is 5.75 Å². The van der Waals surface area contributed by atoms with Crippen LogP contribution in [0.5, 0.6) is 5.75 Å². The smallest absolute Gasteiger partial charge is 0.340 e. The molecule has 7 heteroatoms. The van der Waals surface area contributed by atoms with Crippen LogP contribution in [0.4, 0.5) is 5.69 Å². The van der Waals surface area contributed by atoms with Gasteiger partial charge >= 0.3 is 5.97 Å². The second-order valence-corrected chi connectivity index (χ2v) is 7.02. The molecule has 1 heterocycles. The van der Waals surface area contributed by atoms with Gasteiger partial charge in [-0.25, -0.2) is 4.79 Å². The number of para-hydroxylation sites is 1. The van der Waals surface area contributed by atoms with E-state index < -0.39 is 5.97 Å². The first-order chi connectivity index (χ1) is 14.4. The number of nitrogens with one attached hydrogen (secondary N) is 1. The van der Waals surface area contributed by atoms with Crippen molar-refractivity contribution in [1.82, 2.24) is 9.88 Å². The molecule has 1 N–H and O–H groups in total. The quantitative estimate of drug-likeness (QED) is 0.605. The van der Waals surface area contributed by atoms with Crippen LogP contribution in [0, 0.1) is 6.92 Å². The molecule has 0 spiro atoms. The number of aryl methyl sites for hydroxylation is 1. The maximum atomic E-state index is 12.5. The number of hydrogen-bond acceptors (Lipinski definition) is 6. The predicted molar refractivity (Wildman–Crippen MR) is 116 cm³/mol. The molecule has 7 nitrogen and oxygen atoms in total. The second kappa shape index (κ2) is 9.37. The van der Waals surface area contributed by atoms with Crippen LogP contribution in [0.1, 0.15) is 21.6 Å². The third kappa shape index (κ3) is 4.75. The molecule has 0 unspecified atom stereocenters. The number of aromatic nitrogens is 1. The summed E-state index contributed by atoms with van der Waals surface area (Å²) in [5.74, 6) is 0.0533. The van der Waals surface area contributed by atoms with E-state index in [9.17, 15) is 9.59 Å². The highest BCUT2D eigenvalue weighted by atomic mass is 16.5. The van der Waals surface area contributed by atoms with E-state index in [1.807, 2.05) is 43.3 Å². The lowest BCUT2D eigenvalue weighted by Crippen LogP contribution is -2.31. The van der Waals surface area contributed by atoms with Crippen molar-refractivity contribution in [3.63, 3.8) is 0 Å².